The maximum atomic E-state index is 11.7. The highest BCUT2D eigenvalue weighted by atomic mass is 31.2. The van der Waals surface area contributed by atoms with Gasteiger partial charge in [0.2, 0.25) is 0 Å². The fourth-order valence-corrected chi connectivity index (χ4v) is 3.64. The third-order valence-electron chi connectivity index (χ3n) is 4.84. The molecule has 0 amide bonds. The number of carbonyl (C=O) groups is 1. The van der Waals surface area contributed by atoms with Gasteiger partial charge in [-0.1, -0.05) is 79.8 Å². The largest absolute Gasteiger partial charge is 0.472 e. The number of ether oxygens (including phenoxy) is 1. The molecule has 0 saturated carbocycles. The Morgan fingerprint density at radius 2 is 1.29 bits per heavy atom. The number of unbranched alkanes of at least 4 members (excludes halogenated alkanes) is 2. The summed E-state index contributed by atoms with van der Waals surface area (Å²) in [6, 6.07) is 0. The SMILES string of the molecule is CCC=CCC=CCC=CCC=CCC=CCC=CCCCCC(=O)OCC(O)COP(=O)(O)OCCN. The molecular weight excluding hydrogens is 505 g/mol. The van der Waals surface area contributed by atoms with Crippen LogP contribution < -0.4 is 5.73 Å². The number of aliphatic hydroxyl groups is 1. The van der Waals surface area contributed by atoms with Crippen molar-refractivity contribution in [2.75, 3.05) is 26.4 Å². The predicted octanol–water partition coefficient (Wildman–Crippen LogP) is 6.24. The van der Waals surface area contributed by atoms with Gasteiger partial charge in [-0.15, -0.1) is 0 Å². The van der Waals surface area contributed by atoms with Crippen molar-refractivity contribution in [3.8, 4) is 0 Å². The first-order valence-electron chi connectivity index (χ1n) is 13.5. The molecule has 0 aromatic heterocycles. The molecule has 0 rings (SSSR count). The van der Waals surface area contributed by atoms with Crippen LogP contribution in [0.15, 0.2) is 72.9 Å². The number of hydrogen-bond donors (Lipinski definition) is 3. The van der Waals surface area contributed by atoms with E-state index >= 15 is 0 Å². The summed E-state index contributed by atoms with van der Waals surface area (Å²) in [5.74, 6) is -0.432. The van der Waals surface area contributed by atoms with Crippen molar-refractivity contribution in [1.82, 2.24) is 0 Å². The van der Waals surface area contributed by atoms with Crippen molar-refractivity contribution in [3.05, 3.63) is 72.9 Å². The zero-order chi connectivity index (χ0) is 28.2. The number of esters is 1. The normalized spacial score (nSPS) is 15.2. The van der Waals surface area contributed by atoms with Crippen molar-refractivity contribution in [1.29, 1.82) is 0 Å². The fourth-order valence-electron chi connectivity index (χ4n) is 2.87. The lowest BCUT2D eigenvalue weighted by Crippen LogP contribution is -2.23. The van der Waals surface area contributed by atoms with Gasteiger partial charge in [-0.05, 0) is 57.8 Å². The average molecular weight is 554 g/mol. The van der Waals surface area contributed by atoms with E-state index in [0.29, 0.717) is 6.42 Å². The van der Waals surface area contributed by atoms with Gasteiger partial charge in [0.15, 0.2) is 0 Å². The zero-order valence-corrected chi connectivity index (χ0v) is 23.8. The minimum atomic E-state index is -4.26. The van der Waals surface area contributed by atoms with Crippen LogP contribution in [-0.4, -0.2) is 48.4 Å². The molecule has 9 heteroatoms. The van der Waals surface area contributed by atoms with Gasteiger partial charge in [-0.3, -0.25) is 13.8 Å². The smallest absolute Gasteiger partial charge is 0.463 e. The van der Waals surface area contributed by atoms with E-state index in [1.165, 1.54) is 0 Å². The van der Waals surface area contributed by atoms with Crippen LogP contribution in [0.1, 0.15) is 71.1 Å². The van der Waals surface area contributed by atoms with Gasteiger partial charge < -0.3 is 20.5 Å². The number of carbonyl (C=O) groups excluding carboxylic acids is 1. The molecule has 0 aromatic rings. The summed E-state index contributed by atoms with van der Waals surface area (Å²) in [6.07, 6.45) is 33.3. The Morgan fingerprint density at radius 1 is 0.789 bits per heavy atom. The summed E-state index contributed by atoms with van der Waals surface area (Å²) < 4.78 is 25.5. The topological polar surface area (TPSA) is 128 Å². The number of nitrogens with two attached hydrogens (primary N) is 1. The Balaban J connectivity index is 3.67. The highest BCUT2D eigenvalue weighted by Gasteiger charge is 2.22. The molecule has 0 aliphatic carbocycles. The number of hydrogen-bond acceptors (Lipinski definition) is 7. The van der Waals surface area contributed by atoms with E-state index in [0.717, 1.165) is 51.4 Å². The summed E-state index contributed by atoms with van der Waals surface area (Å²) in [5, 5.41) is 9.69. The molecule has 0 bridgehead atoms. The van der Waals surface area contributed by atoms with Crippen molar-refractivity contribution in [2.45, 2.75) is 77.2 Å². The van der Waals surface area contributed by atoms with E-state index < -0.39 is 26.5 Å². The molecule has 0 aliphatic heterocycles. The molecule has 2 atom stereocenters. The van der Waals surface area contributed by atoms with Crippen LogP contribution >= 0.6 is 7.82 Å². The number of phosphoric ester groups is 1. The molecular formula is C29H48NO7P. The predicted molar refractivity (Wildman–Crippen MR) is 154 cm³/mol. The Labute approximate surface area is 229 Å². The van der Waals surface area contributed by atoms with Crippen molar-refractivity contribution < 1.29 is 33.1 Å². The van der Waals surface area contributed by atoms with Crippen LogP contribution in [0.4, 0.5) is 0 Å². The van der Waals surface area contributed by atoms with E-state index in [9.17, 15) is 19.4 Å². The molecule has 216 valence electrons. The Hall–Kier alpha value is -2.06. The third kappa shape index (κ3) is 27.0. The Kier molecular flexibility index (Phi) is 25.1. The number of allylic oxidation sites excluding steroid dienone is 12. The Bertz CT molecular complexity index is 803. The van der Waals surface area contributed by atoms with Gasteiger partial charge >= 0.3 is 13.8 Å². The van der Waals surface area contributed by atoms with Crippen LogP contribution in [0.5, 0.6) is 0 Å². The highest BCUT2D eigenvalue weighted by Crippen LogP contribution is 2.42. The molecule has 4 N–H and O–H groups in total. The monoisotopic (exact) mass is 553 g/mol. The van der Waals surface area contributed by atoms with Crippen molar-refractivity contribution in [2.24, 2.45) is 5.73 Å². The van der Waals surface area contributed by atoms with E-state index in [4.69, 9.17) is 10.5 Å². The molecule has 0 aliphatic rings. The van der Waals surface area contributed by atoms with E-state index in [1.807, 2.05) is 0 Å². The van der Waals surface area contributed by atoms with E-state index in [1.54, 1.807) is 0 Å². The van der Waals surface area contributed by atoms with Crippen LogP contribution in [0, 0.1) is 0 Å². The second-order valence-corrected chi connectivity index (χ2v) is 9.84. The number of phosphoric acid groups is 1. The van der Waals surface area contributed by atoms with Crippen LogP contribution in [0.25, 0.3) is 0 Å². The maximum absolute atomic E-state index is 11.7. The highest BCUT2D eigenvalue weighted by molar-refractivity contribution is 7.47. The summed E-state index contributed by atoms with van der Waals surface area (Å²) in [6.45, 7) is 1.25. The fraction of sp³-hybridized carbons (Fsp3) is 0.552. The third-order valence-corrected chi connectivity index (χ3v) is 5.82. The van der Waals surface area contributed by atoms with Gasteiger partial charge in [0.1, 0.15) is 12.7 Å². The average Bonchev–Trinajstić information content (AvgIpc) is 2.90. The maximum Gasteiger partial charge on any atom is 0.472 e. The molecule has 0 saturated heterocycles. The quantitative estimate of drug-likeness (QED) is 0.0554. The molecule has 0 spiro atoms. The molecule has 38 heavy (non-hydrogen) atoms. The summed E-state index contributed by atoms with van der Waals surface area (Å²) in [7, 11) is -4.26. The van der Waals surface area contributed by atoms with E-state index in [2.05, 4.69) is 88.9 Å². The van der Waals surface area contributed by atoms with Crippen LogP contribution in [0.2, 0.25) is 0 Å². The minimum absolute atomic E-state index is 0.0637. The molecule has 0 heterocycles. The van der Waals surface area contributed by atoms with E-state index in [-0.39, 0.29) is 26.2 Å². The minimum Gasteiger partial charge on any atom is -0.463 e. The second kappa shape index (κ2) is 26.5. The van der Waals surface area contributed by atoms with Gasteiger partial charge in [0.05, 0.1) is 13.2 Å². The lowest BCUT2D eigenvalue weighted by Gasteiger charge is -2.15. The molecule has 0 radical (unpaired) electrons. The second-order valence-electron chi connectivity index (χ2n) is 8.38. The first-order valence-corrected chi connectivity index (χ1v) is 15.0. The number of rotatable bonds is 24. The molecule has 0 fully saturated rings. The first-order chi connectivity index (χ1) is 18.4. The van der Waals surface area contributed by atoms with Crippen LogP contribution in [0.3, 0.4) is 0 Å². The first kappa shape index (κ1) is 35.9. The van der Waals surface area contributed by atoms with Crippen molar-refractivity contribution in [3.63, 3.8) is 0 Å². The Morgan fingerprint density at radius 3 is 1.79 bits per heavy atom. The zero-order valence-electron chi connectivity index (χ0n) is 22.9. The molecule has 2 unspecified atom stereocenters. The standard InChI is InChI=1S/C29H48NO7P/c1-2-3-4-5-6-7-8-9-10-11-12-13-14-15-16-17-18-19-20-21-22-23-29(32)35-26-28(31)27-37-38(33,34)36-25-24-30/h3-4,6-7,9-10,12-13,15-16,18-19,28,31H,2,5,8,11,14,17,20-27,30H2,1H3,(H,33,34). The van der Waals surface area contributed by atoms with Gasteiger partial charge in [0, 0.05) is 13.0 Å². The van der Waals surface area contributed by atoms with Crippen LogP contribution in [-0.2, 0) is 23.1 Å². The summed E-state index contributed by atoms with van der Waals surface area (Å²) in [4.78, 5) is 21.1. The lowest BCUT2D eigenvalue weighted by atomic mass is 10.2. The molecule has 8 nitrogen and oxygen atoms in total. The molecule has 0 aromatic carbocycles. The summed E-state index contributed by atoms with van der Waals surface area (Å²) >= 11 is 0. The lowest BCUT2D eigenvalue weighted by molar-refractivity contribution is -0.147. The summed E-state index contributed by atoms with van der Waals surface area (Å²) in [5.41, 5.74) is 5.17. The van der Waals surface area contributed by atoms with Gasteiger partial charge in [0.25, 0.3) is 0 Å². The number of aliphatic hydroxyl groups excluding tert-OH is 1. The van der Waals surface area contributed by atoms with Gasteiger partial charge in [-0.25, -0.2) is 4.57 Å². The van der Waals surface area contributed by atoms with Crippen molar-refractivity contribution >= 4 is 13.8 Å². The van der Waals surface area contributed by atoms with Gasteiger partial charge in [-0.2, -0.15) is 0 Å².